The second-order valence-corrected chi connectivity index (χ2v) is 6.36. The summed E-state index contributed by atoms with van der Waals surface area (Å²) in [6, 6.07) is -3.41. The molecule has 0 aliphatic rings. The molecule has 11 N–H and O–H groups in total. The highest BCUT2D eigenvalue weighted by Gasteiger charge is 2.30. The second kappa shape index (κ2) is 11.7. The fourth-order valence-electron chi connectivity index (χ4n) is 2.11. The number of carboxylic acid groups (broad SMARTS) is 1. The summed E-state index contributed by atoms with van der Waals surface area (Å²) in [6.07, 6.45) is 0.184. The predicted molar refractivity (Wildman–Crippen MR) is 98.0 cm³/mol. The molecule has 0 aromatic carbocycles. The van der Waals surface area contributed by atoms with Crippen LogP contribution >= 0.6 is 0 Å². The van der Waals surface area contributed by atoms with Crippen LogP contribution in [0.4, 0.5) is 0 Å². The number of primary amides is 1. The van der Waals surface area contributed by atoms with E-state index in [0.717, 1.165) is 0 Å². The fourth-order valence-corrected chi connectivity index (χ4v) is 2.11. The standard InChI is InChI=1S/C15H29N7O5/c1-7(2)11(13(25)21-9(14(26)27)6-10(17)23)22-12(24)8(16)4-3-5-20-15(18)19/h7-9,11H,3-6,16H2,1-2H3,(H2,17,23)(H,21,25)(H,22,24)(H,26,27)(H4,18,19,20). The monoisotopic (exact) mass is 387 g/mol. The zero-order valence-electron chi connectivity index (χ0n) is 15.5. The molecule has 12 nitrogen and oxygen atoms in total. The largest absolute Gasteiger partial charge is 0.480 e. The van der Waals surface area contributed by atoms with E-state index in [1.165, 1.54) is 0 Å². The van der Waals surface area contributed by atoms with Crippen molar-refractivity contribution in [3.63, 3.8) is 0 Å². The molecule has 3 atom stereocenters. The molecule has 0 radical (unpaired) electrons. The van der Waals surface area contributed by atoms with Gasteiger partial charge in [-0.2, -0.15) is 0 Å². The molecule has 0 rings (SSSR count). The maximum Gasteiger partial charge on any atom is 0.326 e. The summed E-state index contributed by atoms with van der Waals surface area (Å²) in [5.74, 6) is -4.03. The Labute approximate surface area is 157 Å². The van der Waals surface area contributed by atoms with Crippen molar-refractivity contribution >= 4 is 29.7 Å². The Balaban J connectivity index is 4.83. The molecule has 0 fully saturated rings. The molecule has 12 heteroatoms. The summed E-state index contributed by atoms with van der Waals surface area (Å²) < 4.78 is 0. The van der Waals surface area contributed by atoms with Crippen LogP contribution < -0.4 is 33.6 Å². The highest BCUT2D eigenvalue weighted by atomic mass is 16.4. The number of rotatable bonds is 12. The van der Waals surface area contributed by atoms with Gasteiger partial charge in [-0.25, -0.2) is 4.79 Å². The predicted octanol–water partition coefficient (Wildman–Crippen LogP) is -3.05. The van der Waals surface area contributed by atoms with Crippen LogP contribution in [0.3, 0.4) is 0 Å². The normalized spacial score (nSPS) is 13.9. The number of hydrogen-bond donors (Lipinski definition) is 7. The van der Waals surface area contributed by atoms with Crippen molar-refractivity contribution in [2.45, 2.75) is 51.2 Å². The van der Waals surface area contributed by atoms with Gasteiger partial charge >= 0.3 is 5.97 Å². The number of carbonyl (C=O) groups is 4. The lowest BCUT2D eigenvalue weighted by molar-refractivity contribution is -0.144. The molecule has 0 aliphatic carbocycles. The minimum Gasteiger partial charge on any atom is -0.480 e. The molecule has 0 heterocycles. The summed E-state index contributed by atoms with van der Waals surface area (Å²) >= 11 is 0. The molecule has 0 saturated heterocycles. The minimum absolute atomic E-state index is 0.0616. The van der Waals surface area contributed by atoms with Crippen LogP contribution in [-0.4, -0.2) is 59.4 Å². The zero-order valence-corrected chi connectivity index (χ0v) is 15.5. The Hall–Kier alpha value is -2.89. The molecule has 0 spiro atoms. The zero-order chi connectivity index (χ0) is 21.1. The number of hydrogen-bond acceptors (Lipinski definition) is 6. The maximum atomic E-state index is 12.3. The van der Waals surface area contributed by atoms with Gasteiger partial charge in [0.05, 0.1) is 12.5 Å². The SMILES string of the molecule is CC(C)C(NC(=O)C(N)CCCN=C(N)N)C(=O)NC(CC(N)=O)C(=O)O. The number of carboxylic acids is 1. The molecule has 0 aromatic rings. The van der Waals surface area contributed by atoms with Crippen LogP contribution in [-0.2, 0) is 19.2 Å². The summed E-state index contributed by atoms with van der Waals surface area (Å²) in [5, 5.41) is 13.8. The summed E-state index contributed by atoms with van der Waals surface area (Å²) in [6.45, 7) is 3.64. The third-order valence-electron chi connectivity index (χ3n) is 3.57. The Bertz CT molecular complexity index is 575. The van der Waals surface area contributed by atoms with Gasteiger partial charge in [0.15, 0.2) is 5.96 Å². The van der Waals surface area contributed by atoms with E-state index in [9.17, 15) is 19.2 Å². The number of nitrogens with two attached hydrogens (primary N) is 4. The lowest BCUT2D eigenvalue weighted by Crippen LogP contribution is -2.56. The van der Waals surface area contributed by atoms with Crippen LogP contribution in [0, 0.1) is 5.92 Å². The van der Waals surface area contributed by atoms with Crippen LogP contribution in [0.1, 0.15) is 33.1 Å². The third-order valence-corrected chi connectivity index (χ3v) is 3.57. The number of guanidine groups is 1. The summed E-state index contributed by atoms with van der Waals surface area (Å²) in [4.78, 5) is 50.4. The van der Waals surface area contributed by atoms with Gasteiger partial charge in [0.25, 0.3) is 0 Å². The van der Waals surface area contributed by atoms with E-state index in [4.69, 9.17) is 28.0 Å². The third kappa shape index (κ3) is 9.99. The van der Waals surface area contributed by atoms with Gasteiger partial charge in [0, 0.05) is 6.54 Å². The van der Waals surface area contributed by atoms with E-state index in [1.807, 2.05) is 0 Å². The molecular weight excluding hydrogens is 358 g/mol. The molecule has 154 valence electrons. The Kier molecular flexibility index (Phi) is 10.4. The first-order valence-electron chi connectivity index (χ1n) is 8.38. The quantitative estimate of drug-likeness (QED) is 0.103. The molecule has 3 unspecified atom stereocenters. The lowest BCUT2D eigenvalue weighted by Gasteiger charge is -2.25. The summed E-state index contributed by atoms with van der Waals surface area (Å²) in [5.41, 5.74) is 21.2. The van der Waals surface area contributed by atoms with Crippen molar-refractivity contribution in [3.8, 4) is 0 Å². The first kappa shape index (κ1) is 24.1. The molecule has 0 saturated carbocycles. The van der Waals surface area contributed by atoms with Gasteiger partial charge in [0.2, 0.25) is 17.7 Å². The van der Waals surface area contributed by atoms with Gasteiger partial charge in [-0.3, -0.25) is 19.4 Å². The lowest BCUT2D eigenvalue weighted by atomic mass is 10.0. The van der Waals surface area contributed by atoms with Gasteiger partial charge in [-0.05, 0) is 18.8 Å². The second-order valence-electron chi connectivity index (χ2n) is 6.36. The first-order valence-corrected chi connectivity index (χ1v) is 8.38. The van der Waals surface area contributed by atoms with Crippen molar-refractivity contribution in [1.29, 1.82) is 0 Å². The van der Waals surface area contributed by atoms with Crippen molar-refractivity contribution in [3.05, 3.63) is 0 Å². The summed E-state index contributed by atoms with van der Waals surface area (Å²) in [7, 11) is 0. The molecule has 27 heavy (non-hydrogen) atoms. The molecule has 0 bridgehead atoms. The van der Waals surface area contributed by atoms with Crippen molar-refractivity contribution in [1.82, 2.24) is 10.6 Å². The van der Waals surface area contributed by atoms with Crippen LogP contribution in [0.25, 0.3) is 0 Å². The van der Waals surface area contributed by atoms with E-state index >= 15 is 0 Å². The Morgan fingerprint density at radius 3 is 2.07 bits per heavy atom. The highest BCUT2D eigenvalue weighted by molar-refractivity contribution is 5.93. The van der Waals surface area contributed by atoms with Gasteiger partial charge in [-0.15, -0.1) is 0 Å². The topological polar surface area (TPSA) is 229 Å². The van der Waals surface area contributed by atoms with Crippen molar-refractivity contribution in [2.24, 2.45) is 33.8 Å². The average molecular weight is 387 g/mol. The van der Waals surface area contributed by atoms with Crippen LogP contribution in [0.15, 0.2) is 4.99 Å². The van der Waals surface area contributed by atoms with E-state index < -0.39 is 48.2 Å². The number of aliphatic imine (C=N–C) groups is 1. The molecule has 0 aliphatic heterocycles. The van der Waals surface area contributed by atoms with Gasteiger partial charge in [-0.1, -0.05) is 13.8 Å². The Morgan fingerprint density at radius 2 is 1.63 bits per heavy atom. The van der Waals surface area contributed by atoms with Crippen LogP contribution in [0.5, 0.6) is 0 Å². The molecule has 3 amide bonds. The van der Waals surface area contributed by atoms with Crippen LogP contribution in [0.2, 0.25) is 0 Å². The Morgan fingerprint density at radius 1 is 1.04 bits per heavy atom. The smallest absolute Gasteiger partial charge is 0.326 e. The van der Waals surface area contributed by atoms with Gasteiger partial charge < -0.3 is 38.7 Å². The highest BCUT2D eigenvalue weighted by Crippen LogP contribution is 2.05. The van der Waals surface area contributed by atoms with E-state index in [-0.39, 0.29) is 18.3 Å². The fraction of sp³-hybridized carbons (Fsp3) is 0.667. The van der Waals surface area contributed by atoms with E-state index in [2.05, 4.69) is 15.6 Å². The minimum atomic E-state index is -1.48. The average Bonchev–Trinajstić information content (AvgIpc) is 2.54. The number of aliphatic carboxylic acids is 1. The first-order chi connectivity index (χ1) is 12.5. The number of nitrogens with one attached hydrogen (secondary N) is 2. The number of amides is 3. The number of carbonyl (C=O) groups excluding carboxylic acids is 3. The van der Waals surface area contributed by atoms with E-state index in [1.54, 1.807) is 13.8 Å². The van der Waals surface area contributed by atoms with Crippen molar-refractivity contribution < 1.29 is 24.3 Å². The molecule has 0 aromatic heterocycles. The van der Waals surface area contributed by atoms with Gasteiger partial charge in [0.1, 0.15) is 12.1 Å². The molecular formula is C15H29N7O5. The number of nitrogens with zero attached hydrogens (tertiary/aromatic N) is 1. The van der Waals surface area contributed by atoms with E-state index in [0.29, 0.717) is 13.0 Å². The van der Waals surface area contributed by atoms with Crippen molar-refractivity contribution in [2.75, 3.05) is 6.54 Å². The maximum absolute atomic E-state index is 12.3.